The molecule has 198 valence electrons. The van der Waals surface area contributed by atoms with Crippen LogP contribution < -0.4 is 11.4 Å². The number of aromatic amines is 1. The fraction of sp³-hybridized carbons (Fsp3) is 0.273. The lowest BCUT2D eigenvalue weighted by molar-refractivity contribution is -0.192. The predicted octanol–water partition coefficient (Wildman–Crippen LogP) is 4.00. The van der Waals surface area contributed by atoms with Gasteiger partial charge in [0.05, 0.1) is 12.7 Å². The summed E-state index contributed by atoms with van der Waals surface area (Å²) in [4.78, 5) is 22.0. The number of carboxylic acid groups (broad SMARTS) is 1. The average molecular weight is 545 g/mol. The number of aliphatic carboxylic acids is 1. The summed E-state index contributed by atoms with van der Waals surface area (Å²) in [6.07, 6.45) is -3.25. The number of carbonyl (C=O) groups is 1. The van der Waals surface area contributed by atoms with Crippen LogP contribution in [-0.4, -0.2) is 48.3 Å². The number of nitrogens with zero attached hydrogens (tertiary/aromatic N) is 4. The minimum absolute atomic E-state index is 0.173. The molecular formula is C22H21F5N6O3S. The highest BCUT2D eigenvalue weighted by Crippen LogP contribution is 2.31. The zero-order valence-corrected chi connectivity index (χ0v) is 20.0. The second-order valence-corrected chi connectivity index (χ2v) is 8.80. The first kappa shape index (κ1) is 27.7. The molecule has 0 aliphatic rings. The number of nitrogens with two attached hydrogens (primary N) is 1. The van der Waals surface area contributed by atoms with Crippen LogP contribution in [-0.2, 0) is 24.3 Å². The van der Waals surface area contributed by atoms with Crippen LogP contribution in [0.25, 0.3) is 21.2 Å². The van der Waals surface area contributed by atoms with Gasteiger partial charge in [0.15, 0.2) is 0 Å². The third-order valence-corrected chi connectivity index (χ3v) is 6.22. The maximum Gasteiger partial charge on any atom is 0.490 e. The highest BCUT2D eigenvalue weighted by atomic mass is 32.1. The smallest absolute Gasteiger partial charge is 0.475 e. The van der Waals surface area contributed by atoms with Crippen molar-refractivity contribution in [3.05, 3.63) is 69.5 Å². The predicted molar refractivity (Wildman–Crippen MR) is 126 cm³/mol. The third-order valence-electron chi connectivity index (χ3n) is 5.14. The van der Waals surface area contributed by atoms with Crippen molar-refractivity contribution in [2.75, 3.05) is 6.54 Å². The molecule has 4 rings (SSSR count). The van der Waals surface area contributed by atoms with E-state index in [1.807, 2.05) is 42.2 Å². The lowest BCUT2D eigenvalue weighted by atomic mass is 10.1. The number of aryl methyl sites for hydroxylation is 1. The standard InChI is InChI=1S/C20H20F2N6OS.C2HF3O2/c1-2-27-10-15(9-24-27)12-3-4-13-5-16(30-17(13)6-12)11-28-18(25-26-20(28)29)7-14(8-23)19(21)22;3-2(4,5)1(6)7/h3-6,9-10H,2,7-8,11,23H2,1H3,(H,26,29);(H,6,7). The number of thiophene rings is 1. The molecule has 1 aromatic carbocycles. The molecule has 0 fully saturated rings. The van der Waals surface area contributed by atoms with E-state index in [4.69, 9.17) is 15.6 Å². The van der Waals surface area contributed by atoms with Crippen LogP contribution in [0.3, 0.4) is 0 Å². The van der Waals surface area contributed by atoms with Crippen molar-refractivity contribution in [3.8, 4) is 11.1 Å². The molecule has 37 heavy (non-hydrogen) atoms. The molecule has 0 saturated heterocycles. The number of fused-ring (bicyclic) bond motifs is 1. The number of nitrogens with one attached hydrogen (secondary N) is 1. The third kappa shape index (κ3) is 6.89. The van der Waals surface area contributed by atoms with Crippen LogP contribution in [0.1, 0.15) is 17.6 Å². The van der Waals surface area contributed by atoms with Crippen molar-refractivity contribution in [2.45, 2.75) is 32.6 Å². The molecule has 4 N–H and O–H groups in total. The van der Waals surface area contributed by atoms with E-state index in [0.717, 1.165) is 32.6 Å². The van der Waals surface area contributed by atoms with Crippen molar-refractivity contribution in [1.29, 1.82) is 0 Å². The molecule has 0 unspecified atom stereocenters. The van der Waals surface area contributed by atoms with Crippen molar-refractivity contribution >= 4 is 27.4 Å². The van der Waals surface area contributed by atoms with Crippen LogP contribution >= 0.6 is 11.3 Å². The van der Waals surface area contributed by atoms with E-state index in [1.54, 1.807) is 11.3 Å². The summed E-state index contributed by atoms with van der Waals surface area (Å²) < 4.78 is 62.0. The van der Waals surface area contributed by atoms with Gasteiger partial charge in [-0.3, -0.25) is 9.25 Å². The molecule has 3 aromatic heterocycles. The van der Waals surface area contributed by atoms with Gasteiger partial charge in [0.2, 0.25) is 0 Å². The molecule has 9 nitrogen and oxygen atoms in total. The van der Waals surface area contributed by atoms with Crippen molar-refractivity contribution in [1.82, 2.24) is 24.5 Å². The maximum atomic E-state index is 13.0. The highest BCUT2D eigenvalue weighted by Gasteiger charge is 2.38. The van der Waals surface area contributed by atoms with Crippen molar-refractivity contribution in [2.24, 2.45) is 5.73 Å². The van der Waals surface area contributed by atoms with Gasteiger partial charge in [0, 0.05) is 46.4 Å². The van der Waals surface area contributed by atoms with Crippen LogP contribution in [0.5, 0.6) is 0 Å². The Bertz CT molecular complexity index is 1480. The van der Waals surface area contributed by atoms with Crippen molar-refractivity contribution < 1.29 is 31.9 Å². The highest BCUT2D eigenvalue weighted by molar-refractivity contribution is 7.19. The van der Waals surface area contributed by atoms with Gasteiger partial charge >= 0.3 is 17.8 Å². The largest absolute Gasteiger partial charge is 0.490 e. The Morgan fingerprint density at radius 2 is 1.92 bits per heavy atom. The SMILES string of the molecule is CCn1cc(-c2ccc3cc(Cn4c(CC(CN)=C(F)F)n[nH]c4=O)sc3c2)cn1.O=C(O)C(F)(F)F. The Balaban J connectivity index is 0.000000479. The molecule has 0 spiro atoms. The summed E-state index contributed by atoms with van der Waals surface area (Å²) in [5.41, 5.74) is 6.82. The summed E-state index contributed by atoms with van der Waals surface area (Å²) in [6, 6.07) is 8.15. The van der Waals surface area contributed by atoms with E-state index in [-0.39, 0.29) is 30.9 Å². The quantitative estimate of drug-likeness (QED) is 0.302. The van der Waals surface area contributed by atoms with Crippen LogP contribution in [0.4, 0.5) is 22.0 Å². The monoisotopic (exact) mass is 544 g/mol. The van der Waals surface area contributed by atoms with Crippen LogP contribution in [0.2, 0.25) is 0 Å². The number of benzene rings is 1. The first-order valence-corrected chi connectivity index (χ1v) is 11.5. The number of aromatic nitrogens is 5. The zero-order chi connectivity index (χ0) is 27.3. The second-order valence-electron chi connectivity index (χ2n) is 7.63. The lowest BCUT2D eigenvalue weighted by Crippen LogP contribution is -2.21. The molecule has 15 heteroatoms. The average Bonchev–Trinajstić information content (AvgIpc) is 3.56. The summed E-state index contributed by atoms with van der Waals surface area (Å²) in [6.45, 7) is 2.80. The van der Waals surface area contributed by atoms with E-state index in [2.05, 4.69) is 21.4 Å². The van der Waals surface area contributed by atoms with Gasteiger partial charge in [-0.05, 0) is 30.0 Å². The van der Waals surface area contributed by atoms with Gasteiger partial charge in [0.1, 0.15) is 5.82 Å². The Morgan fingerprint density at radius 3 is 2.49 bits per heavy atom. The van der Waals surface area contributed by atoms with Crippen molar-refractivity contribution in [3.63, 3.8) is 0 Å². The molecule has 0 atom stereocenters. The number of alkyl halides is 3. The summed E-state index contributed by atoms with van der Waals surface area (Å²) in [7, 11) is 0. The molecule has 0 aliphatic heterocycles. The van der Waals surface area contributed by atoms with E-state index >= 15 is 0 Å². The summed E-state index contributed by atoms with van der Waals surface area (Å²) >= 11 is 1.55. The minimum atomic E-state index is -5.08. The fourth-order valence-electron chi connectivity index (χ4n) is 3.24. The maximum absolute atomic E-state index is 13.0. The fourth-order valence-corrected chi connectivity index (χ4v) is 4.33. The van der Waals surface area contributed by atoms with Gasteiger partial charge in [0.25, 0.3) is 6.08 Å². The molecule has 0 amide bonds. The van der Waals surface area contributed by atoms with E-state index in [0.29, 0.717) is 0 Å². The Morgan fingerprint density at radius 1 is 1.22 bits per heavy atom. The number of hydrogen-bond acceptors (Lipinski definition) is 6. The summed E-state index contributed by atoms with van der Waals surface area (Å²) in [5.74, 6) is -2.52. The van der Waals surface area contributed by atoms with Crippen LogP contribution in [0.15, 0.2) is 53.1 Å². The lowest BCUT2D eigenvalue weighted by Gasteiger charge is -2.05. The Hall–Kier alpha value is -3.85. The van der Waals surface area contributed by atoms with Gasteiger partial charge in [-0.15, -0.1) is 11.3 Å². The zero-order valence-electron chi connectivity index (χ0n) is 19.2. The molecule has 0 radical (unpaired) electrons. The van der Waals surface area contributed by atoms with E-state index < -0.39 is 23.9 Å². The van der Waals surface area contributed by atoms with Gasteiger partial charge in [-0.25, -0.2) is 14.7 Å². The number of H-pyrrole nitrogens is 1. The van der Waals surface area contributed by atoms with Gasteiger partial charge in [-0.2, -0.15) is 32.1 Å². The number of carboxylic acids is 1. The molecule has 0 bridgehead atoms. The molecule has 3 heterocycles. The molecular weight excluding hydrogens is 523 g/mol. The minimum Gasteiger partial charge on any atom is -0.475 e. The first-order valence-electron chi connectivity index (χ1n) is 10.7. The molecule has 0 saturated carbocycles. The van der Waals surface area contributed by atoms with Gasteiger partial charge in [-0.1, -0.05) is 12.1 Å². The normalized spacial score (nSPS) is 11.3. The van der Waals surface area contributed by atoms with Crippen LogP contribution in [0, 0.1) is 0 Å². The molecule has 4 aromatic rings. The Labute approximate surface area is 209 Å². The number of halogens is 5. The number of rotatable bonds is 7. The van der Waals surface area contributed by atoms with E-state index in [9.17, 15) is 26.7 Å². The Kier molecular flexibility index (Phi) is 8.60. The van der Waals surface area contributed by atoms with E-state index in [1.165, 1.54) is 4.57 Å². The molecule has 0 aliphatic carbocycles. The van der Waals surface area contributed by atoms with Gasteiger partial charge < -0.3 is 10.8 Å². The summed E-state index contributed by atoms with van der Waals surface area (Å²) in [5, 5.41) is 18.7. The second kappa shape index (κ2) is 11.5. The number of hydrogen-bond donors (Lipinski definition) is 3. The topological polar surface area (TPSA) is 132 Å². The first-order chi connectivity index (χ1) is 17.4.